The van der Waals surface area contributed by atoms with Crippen molar-refractivity contribution in [3.05, 3.63) is 0 Å². The lowest BCUT2D eigenvalue weighted by atomic mass is 9.72. The third kappa shape index (κ3) is 6.89. The summed E-state index contributed by atoms with van der Waals surface area (Å²) in [5, 5.41) is 56.5. The Balaban J connectivity index is 1.32. The van der Waals surface area contributed by atoms with Gasteiger partial charge in [-0.3, -0.25) is 0 Å². The lowest BCUT2D eigenvalue weighted by Crippen LogP contribution is -2.67. The molecule has 17 nitrogen and oxygen atoms in total. The summed E-state index contributed by atoms with van der Waals surface area (Å²) < 4.78 is 35.8. The SMILES string of the molecule is NC[C@@H]1O[C@H](O[C@H]2[C@@H](O)[C@H](O[C@@H]3[C@@H](O)[C@H](N)C[C@H](N)[C@H]3C3O[C@H]([C@@H]4COCCN4)CC[C@H]3N)O[C@@H]2CO)[C@H](N)[C@@H](O)[C@@H]1O. The number of nitrogens with two attached hydrogens (primary N) is 5. The number of nitrogens with one attached hydrogen (secondary N) is 1. The summed E-state index contributed by atoms with van der Waals surface area (Å²) in [6, 6.07) is -2.89. The van der Waals surface area contributed by atoms with Crippen molar-refractivity contribution < 1.29 is 54.0 Å². The van der Waals surface area contributed by atoms with Crippen LogP contribution in [0.15, 0.2) is 0 Å². The molecule has 250 valence electrons. The second kappa shape index (κ2) is 14.4. The molecule has 0 bridgehead atoms. The highest BCUT2D eigenvalue weighted by atomic mass is 16.7. The van der Waals surface area contributed by atoms with Crippen LogP contribution in [-0.2, 0) is 28.4 Å². The lowest BCUT2D eigenvalue weighted by molar-refractivity contribution is -0.280. The van der Waals surface area contributed by atoms with Crippen LogP contribution in [0.2, 0.25) is 0 Å². The average molecular weight is 623 g/mol. The molecule has 4 saturated heterocycles. The largest absolute Gasteiger partial charge is 0.394 e. The Morgan fingerprint density at radius 3 is 2.16 bits per heavy atom. The van der Waals surface area contributed by atoms with E-state index >= 15 is 0 Å². The van der Waals surface area contributed by atoms with Gasteiger partial charge < -0.3 is 87.9 Å². The molecule has 5 fully saturated rings. The predicted molar refractivity (Wildman–Crippen MR) is 148 cm³/mol. The molecule has 17 heteroatoms. The quantitative estimate of drug-likeness (QED) is 0.120. The first-order valence-corrected chi connectivity index (χ1v) is 15.2. The highest BCUT2D eigenvalue weighted by molar-refractivity contribution is 5.05. The first kappa shape index (κ1) is 33.7. The Morgan fingerprint density at radius 2 is 1.49 bits per heavy atom. The van der Waals surface area contributed by atoms with Crippen LogP contribution in [-0.4, -0.2) is 162 Å². The third-order valence-corrected chi connectivity index (χ3v) is 9.54. The number of hydrogen-bond acceptors (Lipinski definition) is 17. The van der Waals surface area contributed by atoms with Crippen molar-refractivity contribution in [2.75, 3.05) is 32.9 Å². The van der Waals surface area contributed by atoms with Crippen LogP contribution >= 0.6 is 0 Å². The van der Waals surface area contributed by atoms with Crippen molar-refractivity contribution in [2.24, 2.45) is 34.6 Å². The van der Waals surface area contributed by atoms with Crippen molar-refractivity contribution in [3.63, 3.8) is 0 Å². The molecule has 43 heavy (non-hydrogen) atoms. The maximum Gasteiger partial charge on any atom is 0.187 e. The minimum Gasteiger partial charge on any atom is -0.394 e. The number of hydrogen-bond donors (Lipinski definition) is 11. The zero-order valence-electron chi connectivity index (χ0n) is 24.1. The molecule has 1 aliphatic carbocycles. The molecule has 0 radical (unpaired) electrons. The fraction of sp³-hybridized carbons (Fsp3) is 1.00. The van der Waals surface area contributed by atoms with Gasteiger partial charge in [-0.2, -0.15) is 0 Å². The van der Waals surface area contributed by atoms with E-state index in [0.29, 0.717) is 32.6 Å². The van der Waals surface area contributed by atoms with Crippen LogP contribution in [0.25, 0.3) is 0 Å². The van der Waals surface area contributed by atoms with Gasteiger partial charge in [-0.05, 0) is 19.3 Å². The van der Waals surface area contributed by atoms with Crippen LogP contribution in [0.4, 0.5) is 0 Å². The molecule has 4 heterocycles. The third-order valence-electron chi connectivity index (χ3n) is 9.54. The van der Waals surface area contributed by atoms with E-state index in [1.54, 1.807) is 0 Å². The van der Waals surface area contributed by atoms with E-state index in [2.05, 4.69) is 5.32 Å². The standard InChI is InChI=1S/C26H50N6O11/c27-6-14-19(35)20(36)17(31)25(40-14)42-23-15(7-33)41-26(21(23)37)43-24-16(10(29)5-11(30)18(24)34)22-9(28)1-2-13(39-22)12-8-38-4-3-32-12/h9-26,32-37H,1-8,27-31H2/t9-,10+,11-,12+,13+,14+,15-,16+,17-,18+,19-,20-,21-,22?,23-,24+,25-,26+/m1/s1. The summed E-state index contributed by atoms with van der Waals surface area (Å²) >= 11 is 0. The molecule has 1 saturated carbocycles. The van der Waals surface area contributed by atoms with Crippen molar-refractivity contribution >= 4 is 0 Å². The Hall–Kier alpha value is -0.680. The monoisotopic (exact) mass is 622 g/mol. The van der Waals surface area contributed by atoms with E-state index in [1.807, 2.05) is 0 Å². The van der Waals surface area contributed by atoms with Gasteiger partial charge in [-0.25, -0.2) is 0 Å². The van der Waals surface area contributed by atoms with E-state index < -0.39 is 104 Å². The average Bonchev–Trinajstić information content (AvgIpc) is 3.30. The van der Waals surface area contributed by atoms with Gasteiger partial charge in [0.2, 0.25) is 0 Å². The van der Waals surface area contributed by atoms with Gasteiger partial charge in [0.05, 0.1) is 56.3 Å². The number of aliphatic hydroxyl groups is 5. The van der Waals surface area contributed by atoms with Gasteiger partial charge in [-0.15, -0.1) is 0 Å². The topological polar surface area (TPSA) is 299 Å². The molecular formula is C26H50N6O11. The molecule has 5 rings (SSSR count). The molecule has 0 aromatic rings. The molecular weight excluding hydrogens is 572 g/mol. The molecule has 0 amide bonds. The molecule has 16 N–H and O–H groups in total. The number of ether oxygens (including phenoxy) is 6. The second-order valence-electron chi connectivity index (χ2n) is 12.4. The molecule has 18 atom stereocenters. The minimum atomic E-state index is -1.49. The maximum atomic E-state index is 11.3. The van der Waals surface area contributed by atoms with Gasteiger partial charge in [0.25, 0.3) is 0 Å². The van der Waals surface area contributed by atoms with Gasteiger partial charge >= 0.3 is 0 Å². The Morgan fingerprint density at radius 1 is 0.767 bits per heavy atom. The summed E-state index contributed by atoms with van der Waals surface area (Å²) in [7, 11) is 0. The molecule has 0 aromatic heterocycles. The van der Waals surface area contributed by atoms with Gasteiger partial charge in [0.15, 0.2) is 12.6 Å². The Labute approximate surface area is 250 Å². The van der Waals surface area contributed by atoms with Gasteiger partial charge in [0.1, 0.15) is 36.6 Å². The summed E-state index contributed by atoms with van der Waals surface area (Å²) in [6.07, 6.45) is -11.6. The predicted octanol–water partition coefficient (Wildman–Crippen LogP) is -6.53. The summed E-state index contributed by atoms with van der Waals surface area (Å²) in [5.74, 6) is -0.613. The first-order chi connectivity index (χ1) is 20.5. The molecule has 0 aromatic carbocycles. The summed E-state index contributed by atoms with van der Waals surface area (Å²) in [5.41, 5.74) is 31.1. The van der Waals surface area contributed by atoms with E-state index in [1.165, 1.54) is 0 Å². The number of rotatable bonds is 8. The molecule has 1 unspecified atom stereocenters. The smallest absolute Gasteiger partial charge is 0.187 e. The Kier molecular flexibility index (Phi) is 11.3. The van der Waals surface area contributed by atoms with Crippen LogP contribution < -0.4 is 34.0 Å². The van der Waals surface area contributed by atoms with E-state index in [9.17, 15) is 25.5 Å². The van der Waals surface area contributed by atoms with E-state index in [-0.39, 0.29) is 18.7 Å². The number of aliphatic hydroxyl groups excluding tert-OH is 5. The van der Waals surface area contributed by atoms with E-state index in [0.717, 1.165) is 6.42 Å². The van der Waals surface area contributed by atoms with Crippen molar-refractivity contribution in [1.82, 2.24) is 5.32 Å². The van der Waals surface area contributed by atoms with Gasteiger partial charge in [0, 0.05) is 37.1 Å². The summed E-state index contributed by atoms with van der Waals surface area (Å²) in [6.45, 7) is 1.14. The van der Waals surface area contributed by atoms with Crippen LogP contribution in [0.1, 0.15) is 19.3 Å². The first-order valence-electron chi connectivity index (χ1n) is 15.2. The van der Waals surface area contributed by atoms with Crippen LogP contribution in [0.5, 0.6) is 0 Å². The van der Waals surface area contributed by atoms with Crippen molar-refractivity contribution in [2.45, 2.75) is 123 Å². The lowest BCUT2D eigenvalue weighted by Gasteiger charge is -2.50. The molecule has 5 aliphatic rings. The highest BCUT2D eigenvalue weighted by Crippen LogP contribution is 2.38. The van der Waals surface area contributed by atoms with Crippen molar-refractivity contribution in [1.29, 1.82) is 0 Å². The molecule has 0 spiro atoms. The number of morpholine rings is 1. The minimum absolute atomic E-state index is 0.0230. The summed E-state index contributed by atoms with van der Waals surface area (Å²) in [4.78, 5) is 0. The van der Waals surface area contributed by atoms with E-state index in [4.69, 9.17) is 57.1 Å². The van der Waals surface area contributed by atoms with Crippen LogP contribution in [0, 0.1) is 5.92 Å². The fourth-order valence-electron chi connectivity index (χ4n) is 7.03. The molecule has 4 aliphatic heterocycles. The second-order valence-corrected chi connectivity index (χ2v) is 12.4. The maximum absolute atomic E-state index is 11.3. The fourth-order valence-corrected chi connectivity index (χ4v) is 7.03. The zero-order valence-corrected chi connectivity index (χ0v) is 24.1. The highest BCUT2D eigenvalue weighted by Gasteiger charge is 2.55. The normalized spacial score (nSPS) is 53.2. The van der Waals surface area contributed by atoms with Crippen LogP contribution in [0.3, 0.4) is 0 Å². The Bertz CT molecular complexity index is 893. The zero-order chi connectivity index (χ0) is 31.0. The van der Waals surface area contributed by atoms with Crippen molar-refractivity contribution in [3.8, 4) is 0 Å². The van der Waals surface area contributed by atoms with Gasteiger partial charge in [-0.1, -0.05) is 0 Å².